The Morgan fingerprint density at radius 3 is 2.47 bits per heavy atom. The molecule has 3 nitrogen and oxygen atoms in total. The maximum absolute atomic E-state index is 8.63. The lowest BCUT2D eigenvalue weighted by Gasteiger charge is -1.98. The molecule has 0 aliphatic carbocycles. The Balaban J connectivity index is 2.21. The molecule has 1 aromatic rings. The molecule has 0 fully saturated rings. The second kappa shape index (κ2) is 8.35. The molecular formula is C14H17N2O. The predicted octanol–water partition coefficient (Wildman–Crippen LogP) is 3.37. The lowest BCUT2D eigenvalue weighted by Crippen LogP contribution is -1.89. The van der Waals surface area contributed by atoms with Gasteiger partial charge in [-0.05, 0) is 25.0 Å². The fourth-order valence-corrected chi connectivity index (χ4v) is 1.34. The van der Waals surface area contributed by atoms with E-state index in [1.54, 1.807) is 24.3 Å². The lowest BCUT2D eigenvalue weighted by molar-refractivity contribution is 0.141. The van der Waals surface area contributed by atoms with Crippen molar-refractivity contribution >= 4 is 6.21 Å². The lowest BCUT2D eigenvalue weighted by atomic mass is 10.2. The first-order valence-electron chi connectivity index (χ1n) is 5.95. The average Bonchev–Trinajstić information content (AvgIpc) is 2.38. The zero-order chi connectivity index (χ0) is 12.3. The molecule has 89 valence electrons. The summed E-state index contributed by atoms with van der Waals surface area (Å²) < 4.78 is 0. The Kier molecular flexibility index (Phi) is 6.50. The van der Waals surface area contributed by atoms with Gasteiger partial charge in [0.25, 0.3) is 0 Å². The van der Waals surface area contributed by atoms with Crippen molar-refractivity contribution in [3.8, 4) is 6.07 Å². The van der Waals surface area contributed by atoms with Crippen LogP contribution < -0.4 is 0 Å². The fraction of sp³-hybridized carbons (Fsp3) is 0.429. The van der Waals surface area contributed by atoms with Gasteiger partial charge in [0.2, 0.25) is 0 Å². The van der Waals surface area contributed by atoms with Gasteiger partial charge in [-0.3, -0.25) is 0 Å². The minimum Gasteiger partial charge on any atom is -0.395 e. The molecule has 0 spiro atoms. The third-order valence-electron chi connectivity index (χ3n) is 2.34. The van der Waals surface area contributed by atoms with Gasteiger partial charge in [0, 0.05) is 5.56 Å². The SMILES string of the molecule is CCCCCCO/N=[C]/c1ccc(C#N)cc1. The molecule has 0 saturated carbocycles. The first-order valence-corrected chi connectivity index (χ1v) is 5.95. The molecule has 3 heteroatoms. The number of nitriles is 1. The molecule has 1 radical (unpaired) electrons. The fourth-order valence-electron chi connectivity index (χ4n) is 1.34. The first kappa shape index (κ1) is 13.2. The summed E-state index contributed by atoms with van der Waals surface area (Å²) in [7, 11) is 0. The average molecular weight is 229 g/mol. The number of hydrogen-bond acceptors (Lipinski definition) is 3. The monoisotopic (exact) mass is 229 g/mol. The molecule has 0 bridgehead atoms. The topological polar surface area (TPSA) is 45.4 Å². The van der Waals surface area contributed by atoms with Crippen LogP contribution in [0.3, 0.4) is 0 Å². The van der Waals surface area contributed by atoms with Gasteiger partial charge in [0.15, 0.2) is 0 Å². The molecule has 0 amide bonds. The third kappa shape index (κ3) is 5.72. The molecular weight excluding hydrogens is 212 g/mol. The van der Waals surface area contributed by atoms with Crippen LogP contribution in [0.15, 0.2) is 29.4 Å². The van der Waals surface area contributed by atoms with E-state index in [0.717, 1.165) is 12.0 Å². The highest BCUT2D eigenvalue weighted by molar-refractivity contribution is 5.79. The Hall–Kier alpha value is -1.82. The van der Waals surface area contributed by atoms with Crippen molar-refractivity contribution in [2.24, 2.45) is 5.16 Å². The van der Waals surface area contributed by atoms with Crippen LogP contribution in [-0.2, 0) is 4.84 Å². The number of unbranched alkanes of at least 4 members (excludes halogenated alkanes) is 3. The van der Waals surface area contributed by atoms with E-state index >= 15 is 0 Å². The van der Waals surface area contributed by atoms with Gasteiger partial charge in [-0.25, -0.2) is 0 Å². The maximum Gasteiger partial charge on any atom is 0.139 e. The van der Waals surface area contributed by atoms with Crippen LogP contribution in [0.1, 0.15) is 43.7 Å². The van der Waals surface area contributed by atoms with Crippen molar-refractivity contribution < 1.29 is 4.84 Å². The van der Waals surface area contributed by atoms with E-state index in [-0.39, 0.29) is 0 Å². The minimum atomic E-state index is 0.635. The molecule has 1 aromatic carbocycles. The second-order valence-electron chi connectivity index (χ2n) is 3.79. The standard InChI is InChI=1S/C14H17N2O/c1-2-3-4-5-10-17-16-12-14-8-6-13(11-15)7-9-14/h6-9H,2-5,10H2,1H3. The molecule has 0 saturated heterocycles. The summed E-state index contributed by atoms with van der Waals surface area (Å²) in [6.07, 6.45) is 7.46. The van der Waals surface area contributed by atoms with Gasteiger partial charge >= 0.3 is 0 Å². The van der Waals surface area contributed by atoms with Crippen molar-refractivity contribution in [1.82, 2.24) is 0 Å². The summed E-state index contributed by atoms with van der Waals surface area (Å²) in [5.41, 5.74) is 1.45. The van der Waals surface area contributed by atoms with Gasteiger partial charge in [0.05, 0.1) is 11.6 Å². The van der Waals surface area contributed by atoms with E-state index in [1.165, 1.54) is 19.3 Å². The molecule has 0 atom stereocenters. The van der Waals surface area contributed by atoms with Crippen LogP contribution in [-0.4, -0.2) is 12.8 Å². The Bertz CT molecular complexity index is 376. The minimum absolute atomic E-state index is 0.635. The molecule has 1 rings (SSSR count). The Morgan fingerprint density at radius 1 is 1.12 bits per heavy atom. The van der Waals surface area contributed by atoms with E-state index in [1.807, 2.05) is 0 Å². The largest absolute Gasteiger partial charge is 0.395 e. The molecule has 0 N–H and O–H groups in total. The Morgan fingerprint density at radius 2 is 1.82 bits per heavy atom. The summed E-state index contributed by atoms with van der Waals surface area (Å²) >= 11 is 0. The summed E-state index contributed by atoms with van der Waals surface area (Å²) in [5.74, 6) is 0. The van der Waals surface area contributed by atoms with Crippen LogP contribution in [0.5, 0.6) is 0 Å². The van der Waals surface area contributed by atoms with Crippen LogP contribution in [0.2, 0.25) is 0 Å². The molecule has 0 aliphatic heterocycles. The third-order valence-corrected chi connectivity index (χ3v) is 2.34. The molecule has 0 heterocycles. The van der Waals surface area contributed by atoms with E-state index in [4.69, 9.17) is 10.1 Å². The normalized spacial score (nSPS) is 10.4. The predicted molar refractivity (Wildman–Crippen MR) is 67.8 cm³/mol. The highest BCUT2D eigenvalue weighted by Gasteiger charge is 1.91. The van der Waals surface area contributed by atoms with Gasteiger partial charge in [-0.2, -0.15) is 5.26 Å². The van der Waals surface area contributed by atoms with Crippen molar-refractivity contribution in [3.05, 3.63) is 35.4 Å². The van der Waals surface area contributed by atoms with Crippen LogP contribution in [0.4, 0.5) is 0 Å². The van der Waals surface area contributed by atoms with Crippen molar-refractivity contribution in [2.45, 2.75) is 32.6 Å². The van der Waals surface area contributed by atoms with Crippen LogP contribution in [0.25, 0.3) is 0 Å². The summed E-state index contributed by atoms with van der Waals surface area (Å²) in [5, 5.41) is 12.4. The number of benzene rings is 1. The second-order valence-corrected chi connectivity index (χ2v) is 3.79. The van der Waals surface area contributed by atoms with E-state index in [0.29, 0.717) is 12.2 Å². The van der Waals surface area contributed by atoms with Crippen molar-refractivity contribution in [1.29, 1.82) is 5.26 Å². The highest BCUT2D eigenvalue weighted by atomic mass is 16.6. The number of rotatable bonds is 7. The zero-order valence-electron chi connectivity index (χ0n) is 10.1. The van der Waals surface area contributed by atoms with E-state index in [2.05, 4.69) is 24.4 Å². The molecule has 0 aliphatic rings. The quantitative estimate of drug-likeness (QED) is 0.409. The maximum atomic E-state index is 8.63. The van der Waals surface area contributed by atoms with Gasteiger partial charge in [0.1, 0.15) is 12.8 Å². The van der Waals surface area contributed by atoms with E-state index in [9.17, 15) is 0 Å². The summed E-state index contributed by atoms with van der Waals surface area (Å²) in [6.45, 7) is 2.82. The molecule has 0 unspecified atom stereocenters. The number of nitrogens with zero attached hydrogens (tertiary/aromatic N) is 2. The summed E-state index contributed by atoms with van der Waals surface area (Å²) in [4.78, 5) is 5.09. The van der Waals surface area contributed by atoms with Crippen molar-refractivity contribution in [2.75, 3.05) is 6.61 Å². The van der Waals surface area contributed by atoms with E-state index < -0.39 is 0 Å². The van der Waals surface area contributed by atoms with Crippen molar-refractivity contribution in [3.63, 3.8) is 0 Å². The highest BCUT2D eigenvalue weighted by Crippen LogP contribution is 2.01. The molecule has 17 heavy (non-hydrogen) atoms. The van der Waals surface area contributed by atoms with Gasteiger partial charge in [-0.1, -0.05) is 37.1 Å². The smallest absolute Gasteiger partial charge is 0.139 e. The van der Waals surface area contributed by atoms with Gasteiger partial charge < -0.3 is 4.84 Å². The zero-order valence-corrected chi connectivity index (χ0v) is 10.1. The molecule has 0 aromatic heterocycles. The van der Waals surface area contributed by atoms with Crippen LogP contribution >= 0.6 is 0 Å². The van der Waals surface area contributed by atoms with Gasteiger partial charge in [-0.15, -0.1) is 0 Å². The first-order chi connectivity index (χ1) is 8.36. The Labute approximate surface area is 103 Å². The summed E-state index contributed by atoms with van der Waals surface area (Å²) in [6, 6.07) is 9.12. The number of hydrogen-bond donors (Lipinski definition) is 0. The van der Waals surface area contributed by atoms with Crippen LogP contribution in [0, 0.1) is 11.3 Å².